The van der Waals surface area contributed by atoms with Crippen LogP contribution in [0.3, 0.4) is 0 Å². The summed E-state index contributed by atoms with van der Waals surface area (Å²) in [6.07, 6.45) is 6.74. The van der Waals surface area contributed by atoms with E-state index >= 15 is 0 Å². The van der Waals surface area contributed by atoms with Crippen molar-refractivity contribution in [2.75, 3.05) is 19.6 Å². The second-order valence-electron chi connectivity index (χ2n) is 4.68. The first kappa shape index (κ1) is 13.5. The van der Waals surface area contributed by atoms with Gasteiger partial charge in [0.05, 0.1) is 6.04 Å². The molecule has 1 N–H and O–H groups in total. The lowest BCUT2D eigenvalue weighted by Gasteiger charge is -2.25. The minimum absolute atomic E-state index is 0.105. The quantitative estimate of drug-likeness (QED) is 0.721. The molecule has 1 aliphatic heterocycles. The molecule has 1 rings (SSSR count). The zero-order valence-corrected chi connectivity index (χ0v) is 10.8. The first-order valence-electron chi connectivity index (χ1n) is 6.81. The monoisotopic (exact) mass is 226 g/mol. The van der Waals surface area contributed by atoms with Gasteiger partial charge in [-0.15, -0.1) is 0 Å². The third-order valence-corrected chi connectivity index (χ3v) is 3.23. The molecule has 0 aromatic rings. The van der Waals surface area contributed by atoms with Gasteiger partial charge in [0.1, 0.15) is 0 Å². The van der Waals surface area contributed by atoms with Gasteiger partial charge in [0.15, 0.2) is 0 Å². The van der Waals surface area contributed by atoms with Crippen LogP contribution < -0.4 is 5.32 Å². The first-order chi connectivity index (χ1) is 7.79. The Morgan fingerprint density at radius 3 is 2.31 bits per heavy atom. The number of unbranched alkanes of at least 4 members (excludes halogenated alkanes) is 2. The van der Waals surface area contributed by atoms with Gasteiger partial charge in [0, 0.05) is 13.1 Å². The first-order valence-corrected chi connectivity index (χ1v) is 6.81. The van der Waals surface area contributed by atoms with E-state index in [0.717, 1.165) is 58.2 Å². The van der Waals surface area contributed by atoms with Gasteiger partial charge in [-0.1, -0.05) is 26.7 Å². The van der Waals surface area contributed by atoms with Crippen LogP contribution in [0.25, 0.3) is 0 Å². The summed E-state index contributed by atoms with van der Waals surface area (Å²) in [7, 11) is 0. The van der Waals surface area contributed by atoms with Crippen LogP contribution in [-0.2, 0) is 4.79 Å². The summed E-state index contributed by atoms with van der Waals surface area (Å²) in [5.41, 5.74) is 0. The highest BCUT2D eigenvalue weighted by Gasteiger charge is 2.25. The molecule has 0 aromatic heterocycles. The van der Waals surface area contributed by atoms with Gasteiger partial charge in [-0.2, -0.15) is 0 Å². The smallest absolute Gasteiger partial charge is 0.239 e. The Morgan fingerprint density at radius 2 is 1.88 bits per heavy atom. The average Bonchev–Trinajstić information content (AvgIpc) is 2.82. The van der Waals surface area contributed by atoms with Crippen molar-refractivity contribution in [2.24, 2.45) is 0 Å². The summed E-state index contributed by atoms with van der Waals surface area (Å²) >= 11 is 0. The third-order valence-electron chi connectivity index (χ3n) is 3.23. The topological polar surface area (TPSA) is 32.3 Å². The predicted octanol–water partition coefficient (Wildman–Crippen LogP) is 2.17. The summed E-state index contributed by atoms with van der Waals surface area (Å²) in [5.74, 6) is 0.333. The molecule has 0 radical (unpaired) electrons. The summed E-state index contributed by atoms with van der Waals surface area (Å²) in [5, 5.41) is 3.30. The Morgan fingerprint density at radius 1 is 1.25 bits per heavy atom. The Labute approximate surface area is 99.6 Å². The largest absolute Gasteiger partial charge is 0.341 e. The number of amides is 1. The van der Waals surface area contributed by atoms with Gasteiger partial charge in [-0.3, -0.25) is 4.79 Å². The van der Waals surface area contributed by atoms with Crippen LogP contribution in [0.15, 0.2) is 0 Å². The van der Waals surface area contributed by atoms with Gasteiger partial charge in [0.25, 0.3) is 0 Å². The number of rotatable bonds is 7. The highest BCUT2D eigenvalue weighted by Crippen LogP contribution is 2.10. The number of nitrogens with zero attached hydrogens (tertiary/aromatic N) is 1. The summed E-state index contributed by atoms with van der Waals surface area (Å²) in [6.45, 7) is 7.24. The number of carbonyl (C=O) groups is 1. The van der Waals surface area contributed by atoms with Crippen molar-refractivity contribution < 1.29 is 4.79 Å². The second kappa shape index (κ2) is 7.66. The summed E-state index contributed by atoms with van der Waals surface area (Å²) < 4.78 is 0. The van der Waals surface area contributed by atoms with Crippen LogP contribution in [0.4, 0.5) is 0 Å². The van der Waals surface area contributed by atoms with Crippen LogP contribution >= 0.6 is 0 Å². The molecule has 3 heteroatoms. The molecule has 1 saturated heterocycles. The molecule has 16 heavy (non-hydrogen) atoms. The van der Waals surface area contributed by atoms with Crippen molar-refractivity contribution in [3.8, 4) is 0 Å². The zero-order valence-electron chi connectivity index (χ0n) is 10.8. The molecular weight excluding hydrogens is 200 g/mol. The lowest BCUT2D eigenvalue weighted by atomic mass is 10.1. The van der Waals surface area contributed by atoms with Gasteiger partial charge in [-0.25, -0.2) is 0 Å². The van der Waals surface area contributed by atoms with Crippen LogP contribution in [0, 0.1) is 0 Å². The van der Waals surface area contributed by atoms with Crippen molar-refractivity contribution >= 4 is 5.91 Å². The second-order valence-corrected chi connectivity index (χ2v) is 4.68. The maximum Gasteiger partial charge on any atom is 0.239 e. The van der Waals surface area contributed by atoms with Crippen molar-refractivity contribution in [3.63, 3.8) is 0 Å². The van der Waals surface area contributed by atoms with Crippen LogP contribution in [0.1, 0.15) is 52.4 Å². The van der Waals surface area contributed by atoms with Gasteiger partial charge in [-0.05, 0) is 32.2 Å². The lowest BCUT2D eigenvalue weighted by Crippen LogP contribution is -2.44. The zero-order chi connectivity index (χ0) is 11.8. The molecule has 0 unspecified atom stereocenters. The molecule has 1 heterocycles. The number of hydrogen-bond acceptors (Lipinski definition) is 2. The standard InChI is InChI=1S/C13H26N2O/c1-3-5-10-15(11-6-4-2)13(16)12-8-7-9-14-12/h12,14H,3-11H2,1-2H3/t12-/m1/s1. The van der Waals surface area contributed by atoms with Crippen LogP contribution in [0.2, 0.25) is 0 Å². The van der Waals surface area contributed by atoms with Gasteiger partial charge < -0.3 is 10.2 Å². The van der Waals surface area contributed by atoms with E-state index in [-0.39, 0.29) is 6.04 Å². The van der Waals surface area contributed by atoms with E-state index < -0.39 is 0 Å². The van der Waals surface area contributed by atoms with E-state index in [9.17, 15) is 4.79 Å². The van der Waals surface area contributed by atoms with Gasteiger partial charge in [0.2, 0.25) is 5.91 Å². The molecule has 3 nitrogen and oxygen atoms in total. The Bertz CT molecular complexity index is 192. The molecule has 1 fully saturated rings. The highest BCUT2D eigenvalue weighted by molar-refractivity contribution is 5.82. The summed E-state index contributed by atoms with van der Waals surface area (Å²) in [4.78, 5) is 14.3. The Kier molecular flexibility index (Phi) is 6.46. The number of carbonyl (C=O) groups excluding carboxylic acids is 1. The van der Waals surface area contributed by atoms with E-state index in [1.165, 1.54) is 0 Å². The fourth-order valence-electron chi connectivity index (χ4n) is 2.15. The van der Waals surface area contributed by atoms with E-state index in [2.05, 4.69) is 24.1 Å². The lowest BCUT2D eigenvalue weighted by molar-refractivity contribution is -0.133. The van der Waals surface area contributed by atoms with Crippen LogP contribution in [0.5, 0.6) is 0 Å². The fourth-order valence-corrected chi connectivity index (χ4v) is 2.15. The predicted molar refractivity (Wildman–Crippen MR) is 67.4 cm³/mol. The molecule has 1 aliphatic rings. The maximum absolute atomic E-state index is 12.2. The Balaban J connectivity index is 2.41. The molecular formula is C13H26N2O. The molecule has 1 amide bonds. The normalized spacial score (nSPS) is 20.0. The molecule has 0 spiro atoms. The maximum atomic E-state index is 12.2. The Hall–Kier alpha value is -0.570. The third kappa shape index (κ3) is 4.12. The molecule has 0 aliphatic carbocycles. The summed E-state index contributed by atoms with van der Waals surface area (Å²) in [6, 6.07) is 0.105. The number of hydrogen-bond donors (Lipinski definition) is 1. The van der Waals surface area contributed by atoms with Crippen molar-refractivity contribution in [1.29, 1.82) is 0 Å². The molecule has 1 atom stereocenters. The highest BCUT2D eigenvalue weighted by atomic mass is 16.2. The molecule has 0 aromatic carbocycles. The fraction of sp³-hybridized carbons (Fsp3) is 0.923. The van der Waals surface area contributed by atoms with Crippen molar-refractivity contribution in [2.45, 2.75) is 58.4 Å². The van der Waals surface area contributed by atoms with Gasteiger partial charge >= 0.3 is 0 Å². The van der Waals surface area contributed by atoms with Crippen LogP contribution in [-0.4, -0.2) is 36.5 Å². The molecule has 0 bridgehead atoms. The minimum atomic E-state index is 0.105. The van der Waals surface area contributed by atoms with E-state index in [1.807, 2.05) is 0 Å². The van der Waals surface area contributed by atoms with E-state index in [1.54, 1.807) is 0 Å². The number of nitrogens with one attached hydrogen (secondary N) is 1. The van der Waals surface area contributed by atoms with E-state index in [0.29, 0.717) is 5.91 Å². The van der Waals surface area contributed by atoms with Crippen molar-refractivity contribution in [1.82, 2.24) is 10.2 Å². The van der Waals surface area contributed by atoms with E-state index in [4.69, 9.17) is 0 Å². The van der Waals surface area contributed by atoms with Crippen molar-refractivity contribution in [3.05, 3.63) is 0 Å². The molecule has 0 saturated carbocycles. The minimum Gasteiger partial charge on any atom is -0.341 e. The average molecular weight is 226 g/mol. The SMILES string of the molecule is CCCCN(CCCC)C(=O)[C@H]1CCCN1. The molecule has 94 valence electrons.